The Kier molecular flexibility index (Phi) is 7.21. The first-order chi connectivity index (χ1) is 12.2. The molecular weight excluding hydrogens is 376 g/mol. The van der Waals surface area contributed by atoms with Crippen LogP contribution in [-0.2, 0) is 16.0 Å². The van der Waals surface area contributed by atoms with Crippen LogP contribution in [0.15, 0.2) is 12.1 Å². The average molecular weight is 396 g/mol. The van der Waals surface area contributed by atoms with Gasteiger partial charge < -0.3 is 28.1 Å². The molecule has 0 saturated heterocycles. The Hall–Kier alpha value is -2.33. The Morgan fingerprint density at radius 3 is 2.11 bits per heavy atom. The number of carbonyl (C=O) groups is 2. The zero-order valence-electron chi connectivity index (χ0n) is 15.0. The summed E-state index contributed by atoms with van der Waals surface area (Å²) < 4.78 is 69.8. The average Bonchev–Trinajstić information content (AvgIpc) is 2.41. The van der Waals surface area contributed by atoms with Crippen LogP contribution in [0.25, 0.3) is 0 Å². The molecule has 0 aromatic heterocycles. The fourth-order valence-corrected chi connectivity index (χ4v) is 2.31. The minimum atomic E-state index is -5.82. The highest BCUT2D eigenvalue weighted by Gasteiger charge is 2.32. The number of carbonyl (C=O) groups excluding carboxylic acids is 1. The van der Waals surface area contributed by atoms with E-state index in [2.05, 4.69) is 5.32 Å². The molecule has 27 heavy (non-hydrogen) atoms. The minimum Gasteiger partial charge on any atom is -0.480 e. The molecule has 0 radical (unpaired) electrons. The Labute approximate surface area is 152 Å². The quantitative estimate of drug-likeness (QED) is 0.548. The number of rotatable bonds is 7. The lowest BCUT2D eigenvalue weighted by Crippen LogP contribution is -2.43. The Morgan fingerprint density at radius 1 is 1.19 bits per heavy atom. The van der Waals surface area contributed by atoms with Gasteiger partial charge in [-0.3, -0.25) is 0 Å². The molecule has 11 heteroatoms. The standard InChI is InChI=1S/C16H20BF5NO4/c1-16(2,3)27-15(26)23-12(14(24)25)6-4-5-9-7-10(18)13(11(19)8-9)17(20,21)22/h7-8,12H,4-6H2,1-3H3,(H,23,26)(H,24,25)/q-1/t12-/m0/s1. The molecule has 2 N–H and O–H groups in total. The molecule has 0 aliphatic carbocycles. The third kappa shape index (κ3) is 7.44. The van der Waals surface area contributed by atoms with Crippen LogP contribution in [0.5, 0.6) is 0 Å². The molecule has 5 nitrogen and oxygen atoms in total. The normalized spacial score (nSPS) is 13.2. The molecule has 0 aliphatic rings. The van der Waals surface area contributed by atoms with Crippen molar-refractivity contribution in [2.24, 2.45) is 0 Å². The highest BCUT2D eigenvalue weighted by Crippen LogP contribution is 2.17. The number of hydrogen-bond donors (Lipinski definition) is 2. The molecule has 0 fully saturated rings. The second kappa shape index (κ2) is 8.58. The minimum absolute atomic E-state index is 0.0461. The van der Waals surface area contributed by atoms with Crippen LogP contribution in [0.2, 0.25) is 0 Å². The van der Waals surface area contributed by atoms with Crippen molar-refractivity contribution in [3.63, 3.8) is 0 Å². The molecular formula is C16H20BF5NO4-. The van der Waals surface area contributed by atoms with E-state index in [1.165, 1.54) is 0 Å². The van der Waals surface area contributed by atoms with Crippen molar-refractivity contribution in [1.82, 2.24) is 5.32 Å². The second-order valence-electron chi connectivity index (χ2n) is 6.98. The predicted molar refractivity (Wildman–Crippen MR) is 88.8 cm³/mol. The number of benzene rings is 1. The zero-order chi connectivity index (χ0) is 21.0. The Bertz CT molecular complexity index is 680. The highest BCUT2D eigenvalue weighted by atomic mass is 19.4. The van der Waals surface area contributed by atoms with Gasteiger partial charge >= 0.3 is 19.0 Å². The molecule has 1 amide bonds. The largest absolute Gasteiger partial charge is 0.515 e. The number of carboxylic acid groups (broad SMARTS) is 1. The molecule has 152 valence electrons. The molecule has 0 saturated carbocycles. The number of nitrogens with one attached hydrogen (secondary N) is 1. The summed E-state index contributed by atoms with van der Waals surface area (Å²) in [7, 11) is 0. The van der Waals surface area contributed by atoms with Crippen molar-refractivity contribution in [2.45, 2.75) is 51.7 Å². The van der Waals surface area contributed by atoms with Gasteiger partial charge in [-0.1, -0.05) is 0 Å². The molecule has 0 heterocycles. The number of carboxylic acids is 1. The molecule has 0 spiro atoms. The van der Waals surface area contributed by atoms with Crippen LogP contribution >= 0.6 is 0 Å². The van der Waals surface area contributed by atoms with Gasteiger partial charge in [0.05, 0.1) is 11.6 Å². The first-order valence-corrected chi connectivity index (χ1v) is 8.11. The molecule has 0 bridgehead atoms. The lowest BCUT2D eigenvalue weighted by molar-refractivity contribution is -0.139. The Morgan fingerprint density at radius 2 is 1.70 bits per heavy atom. The van der Waals surface area contributed by atoms with E-state index < -0.39 is 47.8 Å². The summed E-state index contributed by atoms with van der Waals surface area (Å²) in [6, 6.07) is -0.164. The number of ether oxygens (including phenoxy) is 1. The van der Waals surface area contributed by atoms with Crippen LogP contribution in [0.1, 0.15) is 39.2 Å². The van der Waals surface area contributed by atoms with Gasteiger partial charge in [-0.2, -0.15) is 0 Å². The number of aliphatic carboxylic acids is 1. The van der Waals surface area contributed by atoms with E-state index in [-0.39, 0.29) is 24.8 Å². The molecule has 1 aromatic rings. The third-order valence-corrected chi connectivity index (χ3v) is 3.41. The van der Waals surface area contributed by atoms with Crippen LogP contribution in [0.3, 0.4) is 0 Å². The summed E-state index contributed by atoms with van der Waals surface area (Å²) in [5, 5.41) is 11.3. The number of alkyl carbamates (subject to hydrolysis) is 1. The topological polar surface area (TPSA) is 75.6 Å². The van der Waals surface area contributed by atoms with Crippen LogP contribution < -0.4 is 10.8 Å². The van der Waals surface area contributed by atoms with E-state index in [1.807, 2.05) is 0 Å². The van der Waals surface area contributed by atoms with Crippen LogP contribution in [-0.4, -0.2) is 35.8 Å². The van der Waals surface area contributed by atoms with Gasteiger partial charge in [-0.15, -0.1) is 0 Å². The van der Waals surface area contributed by atoms with Gasteiger partial charge in [0, 0.05) is 0 Å². The van der Waals surface area contributed by atoms with Crippen LogP contribution in [0.4, 0.5) is 26.5 Å². The lowest BCUT2D eigenvalue weighted by atomic mass is 9.78. The zero-order valence-corrected chi connectivity index (χ0v) is 15.0. The van der Waals surface area contributed by atoms with E-state index in [0.29, 0.717) is 12.1 Å². The van der Waals surface area contributed by atoms with Crippen LogP contribution in [0, 0.1) is 11.6 Å². The van der Waals surface area contributed by atoms with Crippen molar-refractivity contribution < 1.29 is 41.2 Å². The highest BCUT2D eigenvalue weighted by molar-refractivity contribution is 6.73. The summed E-state index contributed by atoms with van der Waals surface area (Å²) in [5.74, 6) is -4.76. The maximum atomic E-state index is 13.5. The molecule has 0 unspecified atom stereocenters. The van der Waals surface area contributed by atoms with Crippen molar-refractivity contribution in [3.8, 4) is 0 Å². The van der Waals surface area contributed by atoms with Gasteiger partial charge in [0.15, 0.2) is 0 Å². The number of aryl methyl sites for hydroxylation is 1. The summed E-state index contributed by atoms with van der Waals surface area (Å²) in [6.45, 7) is -1.04. The van der Waals surface area contributed by atoms with Crippen molar-refractivity contribution in [1.29, 1.82) is 0 Å². The van der Waals surface area contributed by atoms with Crippen molar-refractivity contribution >= 4 is 24.5 Å². The van der Waals surface area contributed by atoms with E-state index >= 15 is 0 Å². The molecule has 1 rings (SSSR count). The van der Waals surface area contributed by atoms with Gasteiger partial charge in [0.25, 0.3) is 0 Å². The number of hydrogen-bond acceptors (Lipinski definition) is 3. The summed E-state index contributed by atoms with van der Waals surface area (Å²) >= 11 is 0. The van der Waals surface area contributed by atoms with E-state index in [4.69, 9.17) is 9.84 Å². The third-order valence-electron chi connectivity index (χ3n) is 3.41. The van der Waals surface area contributed by atoms with E-state index in [9.17, 15) is 31.3 Å². The van der Waals surface area contributed by atoms with Crippen molar-refractivity contribution in [3.05, 3.63) is 29.3 Å². The lowest BCUT2D eigenvalue weighted by Gasteiger charge is -2.22. The molecule has 1 aromatic carbocycles. The predicted octanol–water partition coefficient (Wildman–Crippen LogP) is 3.32. The summed E-state index contributed by atoms with van der Waals surface area (Å²) in [5.41, 5.74) is -2.78. The SMILES string of the molecule is CC(C)(C)OC(=O)N[C@@H](CCCc1cc(F)c([B-](F)(F)F)c(F)c1)C(=O)O. The van der Waals surface area contributed by atoms with E-state index in [0.717, 1.165) is 0 Å². The first-order valence-electron chi connectivity index (χ1n) is 8.11. The first kappa shape index (κ1) is 22.7. The molecule has 0 aliphatic heterocycles. The number of amides is 1. The maximum absolute atomic E-state index is 13.5. The number of halogens is 5. The van der Waals surface area contributed by atoms with Gasteiger partial charge in [0.2, 0.25) is 0 Å². The summed E-state index contributed by atoms with van der Waals surface area (Å²) in [6.07, 6.45) is -1.06. The fraction of sp³-hybridized carbons (Fsp3) is 0.500. The van der Waals surface area contributed by atoms with Crippen molar-refractivity contribution in [2.75, 3.05) is 0 Å². The monoisotopic (exact) mass is 396 g/mol. The second-order valence-corrected chi connectivity index (χ2v) is 6.98. The van der Waals surface area contributed by atoms with Gasteiger partial charge in [-0.25, -0.2) is 18.4 Å². The molecule has 1 atom stereocenters. The maximum Gasteiger partial charge on any atom is 0.515 e. The summed E-state index contributed by atoms with van der Waals surface area (Å²) in [4.78, 5) is 22.8. The van der Waals surface area contributed by atoms with E-state index in [1.54, 1.807) is 20.8 Å². The Balaban J connectivity index is 2.72. The smallest absolute Gasteiger partial charge is 0.480 e. The van der Waals surface area contributed by atoms with Gasteiger partial charge in [-0.05, 0) is 63.2 Å². The fourth-order valence-electron chi connectivity index (χ4n) is 2.31. The van der Waals surface area contributed by atoms with Gasteiger partial charge in [0.1, 0.15) is 11.6 Å².